The molecule has 1 aliphatic heterocycles. The molecule has 0 aliphatic carbocycles. The van der Waals surface area contributed by atoms with Crippen LogP contribution in [0, 0.1) is 19.7 Å². The van der Waals surface area contributed by atoms with Gasteiger partial charge < -0.3 is 5.32 Å². The molecule has 1 aliphatic rings. The van der Waals surface area contributed by atoms with E-state index in [1.165, 1.54) is 6.07 Å². The molecule has 3 heterocycles. The molecule has 0 saturated carbocycles. The van der Waals surface area contributed by atoms with Gasteiger partial charge in [0.25, 0.3) is 0 Å². The summed E-state index contributed by atoms with van der Waals surface area (Å²) in [5, 5.41) is 8.00. The fourth-order valence-electron chi connectivity index (χ4n) is 4.33. The maximum atomic E-state index is 13.6. The number of aryl methyl sites for hydroxylation is 3. The van der Waals surface area contributed by atoms with E-state index >= 15 is 0 Å². The van der Waals surface area contributed by atoms with Gasteiger partial charge in [-0.05, 0) is 85.3 Å². The van der Waals surface area contributed by atoms with Crippen molar-refractivity contribution in [2.24, 2.45) is 0 Å². The maximum Gasteiger partial charge on any atom is 0.246 e. The van der Waals surface area contributed by atoms with Crippen molar-refractivity contribution in [2.75, 3.05) is 5.32 Å². The Kier molecular flexibility index (Phi) is 4.98. The molecule has 0 spiro atoms. The number of hydrogen-bond donors (Lipinski definition) is 1. The van der Waals surface area contributed by atoms with Crippen LogP contribution in [0.5, 0.6) is 0 Å². The van der Waals surface area contributed by atoms with Crippen molar-refractivity contribution >= 4 is 11.6 Å². The van der Waals surface area contributed by atoms with Crippen molar-refractivity contribution in [3.8, 4) is 11.1 Å². The van der Waals surface area contributed by atoms with Crippen molar-refractivity contribution in [3.63, 3.8) is 0 Å². The van der Waals surface area contributed by atoms with Gasteiger partial charge >= 0.3 is 0 Å². The third-order valence-corrected chi connectivity index (χ3v) is 5.85. The highest BCUT2D eigenvalue weighted by Crippen LogP contribution is 2.35. The smallest absolute Gasteiger partial charge is 0.246 e. The molecule has 0 amide bonds. The molecule has 4 aromatic rings. The zero-order valence-electron chi connectivity index (χ0n) is 17.6. The average Bonchev–Trinajstić information content (AvgIpc) is 3.17. The van der Waals surface area contributed by atoms with Crippen LogP contribution in [0.4, 0.5) is 16.0 Å². The summed E-state index contributed by atoms with van der Waals surface area (Å²) in [5.74, 6) is 1.46. The Labute approximate surface area is 181 Å². The van der Waals surface area contributed by atoms with Crippen molar-refractivity contribution in [1.82, 2.24) is 19.7 Å². The minimum atomic E-state index is -0.203. The highest BCUT2D eigenvalue weighted by molar-refractivity contribution is 5.67. The van der Waals surface area contributed by atoms with Crippen LogP contribution in [0.15, 0.2) is 60.8 Å². The van der Waals surface area contributed by atoms with E-state index in [9.17, 15) is 4.39 Å². The zero-order chi connectivity index (χ0) is 21.4. The molecule has 1 N–H and O–H groups in total. The van der Waals surface area contributed by atoms with Crippen LogP contribution < -0.4 is 5.32 Å². The van der Waals surface area contributed by atoms with Crippen LogP contribution in [0.2, 0.25) is 0 Å². The summed E-state index contributed by atoms with van der Waals surface area (Å²) < 4.78 is 15.5. The number of nitrogens with zero attached hydrogens (tertiary/aromatic N) is 4. The molecule has 31 heavy (non-hydrogen) atoms. The van der Waals surface area contributed by atoms with Gasteiger partial charge in [0.05, 0.1) is 0 Å². The van der Waals surface area contributed by atoms with Gasteiger partial charge in [-0.1, -0.05) is 18.2 Å². The van der Waals surface area contributed by atoms with Crippen LogP contribution in [0.1, 0.15) is 41.4 Å². The second kappa shape index (κ2) is 7.95. The highest BCUT2D eigenvalue weighted by Gasteiger charge is 2.27. The van der Waals surface area contributed by atoms with Crippen molar-refractivity contribution in [3.05, 3.63) is 89.3 Å². The number of nitrogens with one attached hydrogen (secondary N) is 1. The number of fused-ring (bicyclic) bond motifs is 1. The second-order valence-corrected chi connectivity index (χ2v) is 8.10. The van der Waals surface area contributed by atoms with E-state index in [0.29, 0.717) is 5.95 Å². The van der Waals surface area contributed by atoms with E-state index < -0.39 is 0 Å². The monoisotopic (exact) mass is 413 g/mol. The summed E-state index contributed by atoms with van der Waals surface area (Å²) in [6.07, 6.45) is 3.84. The number of benzene rings is 2. The summed E-state index contributed by atoms with van der Waals surface area (Å²) in [5.41, 5.74) is 6.30. The van der Waals surface area contributed by atoms with Crippen LogP contribution in [-0.4, -0.2) is 19.7 Å². The predicted octanol–water partition coefficient (Wildman–Crippen LogP) is 5.77. The lowest BCUT2D eigenvalue weighted by atomic mass is 9.88. The van der Waals surface area contributed by atoms with Gasteiger partial charge in [0.2, 0.25) is 5.95 Å². The quantitative estimate of drug-likeness (QED) is 0.462. The first-order chi connectivity index (χ1) is 15.1. The largest absolute Gasteiger partial charge is 0.323 e. The van der Waals surface area contributed by atoms with Gasteiger partial charge in [-0.3, -0.25) is 4.98 Å². The first kappa shape index (κ1) is 19.4. The minimum Gasteiger partial charge on any atom is -0.323 e. The summed E-state index contributed by atoms with van der Waals surface area (Å²) >= 11 is 0. The molecular weight excluding hydrogens is 389 g/mol. The fraction of sp³-hybridized carbons (Fsp3) is 0.240. The minimum absolute atomic E-state index is 0.134. The zero-order valence-corrected chi connectivity index (χ0v) is 17.6. The lowest BCUT2D eigenvalue weighted by Gasteiger charge is -2.23. The van der Waals surface area contributed by atoms with Gasteiger partial charge in [-0.15, -0.1) is 5.10 Å². The number of hydrogen-bond acceptors (Lipinski definition) is 4. The fourth-order valence-corrected chi connectivity index (χ4v) is 4.33. The normalized spacial score (nSPS) is 15.5. The first-order valence-electron chi connectivity index (χ1n) is 10.6. The van der Waals surface area contributed by atoms with E-state index in [1.807, 2.05) is 49.0 Å². The van der Waals surface area contributed by atoms with Gasteiger partial charge in [0, 0.05) is 30.0 Å². The molecule has 5 nitrogen and oxygen atoms in total. The number of pyridine rings is 1. The second-order valence-electron chi connectivity index (χ2n) is 8.10. The van der Waals surface area contributed by atoms with Crippen LogP contribution in [0.25, 0.3) is 11.1 Å². The lowest BCUT2D eigenvalue weighted by molar-refractivity contribution is 0.445. The van der Waals surface area contributed by atoms with E-state index in [-0.39, 0.29) is 11.7 Å². The van der Waals surface area contributed by atoms with Gasteiger partial charge in [-0.2, -0.15) is 4.98 Å². The third-order valence-electron chi connectivity index (χ3n) is 5.85. The molecule has 1 atom stereocenters. The molecule has 6 heteroatoms. The lowest BCUT2D eigenvalue weighted by Crippen LogP contribution is -2.18. The van der Waals surface area contributed by atoms with Gasteiger partial charge in [0.15, 0.2) is 0 Å². The predicted molar refractivity (Wildman–Crippen MR) is 120 cm³/mol. The Morgan fingerprint density at radius 2 is 1.84 bits per heavy atom. The molecule has 2 aromatic heterocycles. The Morgan fingerprint density at radius 1 is 1.00 bits per heavy atom. The van der Waals surface area contributed by atoms with Crippen molar-refractivity contribution < 1.29 is 4.39 Å². The molecule has 0 fully saturated rings. The summed E-state index contributed by atoms with van der Waals surface area (Å²) in [7, 11) is 0. The Morgan fingerprint density at radius 3 is 2.61 bits per heavy atom. The molecule has 1 unspecified atom stereocenters. The third kappa shape index (κ3) is 3.93. The van der Waals surface area contributed by atoms with Crippen molar-refractivity contribution in [2.45, 2.75) is 39.2 Å². The summed E-state index contributed by atoms with van der Waals surface area (Å²) in [6.45, 7) is 4.80. The average molecular weight is 414 g/mol. The van der Waals surface area contributed by atoms with Crippen LogP contribution in [0.3, 0.4) is 0 Å². The first-order valence-corrected chi connectivity index (χ1v) is 10.6. The molecule has 5 rings (SSSR count). The van der Waals surface area contributed by atoms with Crippen LogP contribution in [-0.2, 0) is 6.54 Å². The van der Waals surface area contributed by atoms with E-state index in [2.05, 4.69) is 33.6 Å². The Bertz CT molecular complexity index is 1230. The van der Waals surface area contributed by atoms with Crippen molar-refractivity contribution in [1.29, 1.82) is 0 Å². The van der Waals surface area contributed by atoms with Gasteiger partial charge in [-0.25, -0.2) is 9.07 Å². The van der Waals surface area contributed by atoms with E-state index in [1.54, 1.807) is 6.07 Å². The topological polar surface area (TPSA) is 55.6 Å². The number of aromatic nitrogens is 4. The highest BCUT2D eigenvalue weighted by atomic mass is 19.1. The summed E-state index contributed by atoms with van der Waals surface area (Å²) in [4.78, 5) is 9.06. The SMILES string of the molecule is Cc1cc(-c2ccc(Nc3nc4n(n3)CCCC4c3ccc(F)cc3C)cc2)ccn1. The molecule has 2 aromatic carbocycles. The standard InChI is InChI=1S/C25H24FN5/c1-16-14-20(26)7-10-22(16)23-4-3-13-31-24(23)29-25(30-31)28-21-8-5-18(6-9-21)19-11-12-27-17(2)15-19/h5-12,14-15,23H,3-4,13H2,1-2H3,(H,28,30). The molecule has 156 valence electrons. The van der Waals surface area contributed by atoms with Gasteiger partial charge in [0.1, 0.15) is 11.6 Å². The molecule has 0 saturated heterocycles. The molecule has 0 radical (unpaired) electrons. The van der Waals surface area contributed by atoms with E-state index in [4.69, 9.17) is 4.98 Å². The molecular formula is C25H24FN5. The number of halogens is 1. The summed E-state index contributed by atoms with van der Waals surface area (Å²) in [6, 6.07) is 17.3. The van der Waals surface area contributed by atoms with Crippen LogP contribution >= 0.6 is 0 Å². The Hall–Kier alpha value is -3.54. The maximum absolute atomic E-state index is 13.6. The molecule has 0 bridgehead atoms. The Balaban J connectivity index is 1.38. The number of anilines is 2. The van der Waals surface area contributed by atoms with E-state index in [0.717, 1.165) is 58.8 Å². The number of rotatable bonds is 4.